The number of hydrogen-bond donors (Lipinski definition) is 6. The second-order valence-electron chi connectivity index (χ2n) is 6.09. The van der Waals surface area contributed by atoms with Gasteiger partial charge in [-0.2, -0.15) is 0 Å². The number of aromatic nitrogens is 4. The van der Waals surface area contributed by atoms with Crippen LogP contribution in [0.2, 0.25) is 0 Å². The van der Waals surface area contributed by atoms with Gasteiger partial charge in [0.1, 0.15) is 36.2 Å². The molecule has 0 aliphatic carbocycles. The number of nitrogen functional groups attached to an aromatic ring is 1. The number of aliphatic hydroxyl groups excluding tert-OH is 3. The number of carbonyl (C=O) groups is 1. The van der Waals surface area contributed by atoms with Crippen molar-refractivity contribution in [3.63, 3.8) is 0 Å². The summed E-state index contributed by atoms with van der Waals surface area (Å²) in [6.07, 6.45) is -2.97. The molecule has 29 heavy (non-hydrogen) atoms. The molecule has 160 valence electrons. The van der Waals surface area contributed by atoms with Gasteiger partial charge in [0.25, 0.3) is 0 Å². The molecule has 0 bridgehead atoms. The summed E-state index contributed by atoms with van der Waals surface area (Å²) in [6, 6.07) is -1.53. The first-order chi connectivity index (χ1) is 13.6. The van der Waals surface area contributed by atoms with E-state index in [0.29, 0.717) is 0 Å². The molecule has 1 aliphatic rings. The number of phosphoric ester groups is 1. The molecule has 0 radical (unpaired) electrons. The van der Waals surface area contributed by atoms with Crippen LogP contribution >= 0.6 is 7.82 Å². The topological polar surface area (TPSA) is 238 Å². The fourth-order valence-electron chi connectivity index (χ4n) is 2.60. The van der Waals surface area contributed by atoms with Crippen molar-refractivity contribution in [1.82, 2.24) is 19.5 Å². The highest BCUT2D eigenvalue weighted by atomic mass is 31.2. The second-order valence-corrected chi connectivity index (χ2v) is 7.47. The number of carbonyl (C=O) groups excluding carboxylic acids is 1. The van der Waals surface area contributed by atoms with E-state index in [1.165, 1.54) is 17.2 Å². The average Bonchev–Trinajstić information content (AvgIpc) is 3.22. The van der Waals surface area contributed by atoms with Crippen molar-refractivity contribution >= 4 is 30.8 Å². The number of imidazole rings is 1. The SMILES string of the molecule is Nc1ncnc2c1ncn2[C@@H]1O[C@H](COP(=O)(O)OC(=O)[C@@H](N)CO)[C@@H](O)[C@H]1O. The zero-order valence-corrected chi connectivity index (χ0v) is 15.6. The zero-order valence-electron chi connectivity index (χ0n) is 14.7. The van der Waals surface area contributed by atoms with Crippen LogP contribution in [-0.2, 0) is 23.1 Å². The highest BCUT2D eigenvalue weighted by molar-refractivity contribution is 7.48. The van der Waals surface area contributed by atoms with Crippen molar-refractivity contribution < 1.29 is 43.4 Å². The molecule has 1 aliphatic heterocycles. The smallest absolute Gasteiger partial charge is 0.394 e. The summed E-state index contributed by atoms with van der Waals surface area (Å²) in [4.78, 5) is 32.8. The molecule has 0 amide bonds. The standard InChI is InChI=1S/C13H19N6O9P/c14-5(1-20)13(23)28-29(24,25)26-2-6-8(21)9(22)12(27-6)19-4-18-7-10(15)16-3-17-11(7)19/h3-6,8-9,12,20-22H,1-2,14H2,(H,24,25)(H2,15,16,17)/t5-,6+,8+,9+,12+/m0/s1. The molecule has 1 saturated heterocycles. The molecule has 3 heterocycles. The number of ether oxygens (including phenoxy) is 1. The minimum atomic E-state index is -4.91. The van der Waals surface area contributed by atoms with Crippen LogP contribution in [0.4, 0.5) is 5.82 Å². The van der Waals surface area contributed by atoms with E-state index in [1.807, 2.05) is 0 Å². The summed E-state index contributed by atoms with van der Waals surface area (Å²) < 4.78 is 27.5. The third-order valence-corrected chi connectivity index (χ3v) is 4.99. The largest absolute Gasteiger partial charge is 0.529 e. The van der Waals surface area contributed by atoms with Crippen molar-refractivity contribution in [2.45, 2.75) is 30.6 Å². The average molecular weight is 434 g/mol. The molecule has 8 N–H and O–H groups in total. The van der Waals surface area contributed by atoms with E-state index in [-0.39, 0.29) is 17.0 Å². The molecule has 0 saturated carbocycles. The van der Waals surface area contributed by atoms with Gasteiger partial charge in [0.2, 0.25) is 0 Å². The van der Waals surface area contributed by atoms with E-state index in [1.54, 1.807) is 0 Å². The summed E-state index contributed by atoms with van der Waals surface area (Å²) in [7, 11) is -4.91. The predicted molar refractivity (Wildman–Crippen MR) is 92.6 cm³/mol. The van der Waals surface area contributed by atoms with E-state index in [4.69, 9.17) is 21.3 Å². The maximum atomic E-state index is 11.8. The number of anilines is 1. The van der Waals surface area contributed by atoms with E-state index < -0.39 is 57.6 Å². The first kappa shape index (κ1) is 21.5. The summed E-state index contributed by atoms with van der Waals surface area (Å²) in [6.45, 7) is -1.52. The number of phosphoric acid groups is 1. The van der Waals surface area contributed by atoms with Gasteiger partial charge < -0.3 is 36.0 Å². The minimum absolute atomic E-state index is 0.103. The highest BCUT2D eigenvalue weighted by Gasteiger charge is 2.45. The van der Waals surface area contributed by atoms with Gasteiger partial charge in [-0.25, -0.2) is 24.3 Å². The molecule has 15 nitrogen and oxygen atoms in total. The van der Waals surface area contributed by atoms with Crippen LogP contribution in [-0.4, -0.2) is 83.3 Å². The number of fused-ring (bicyclic) bond motifs is 1. The third kappa shape index (κ3) is 4.36. The van der Waals surface area contributed by atoms with Crippen molar-refractivity contribution in [2.24, 2.45) is 5.73 Å². The first-order valence-corrected chi connectivity index (χ1v) is 9.66. The lowest BCUT2D eigenvalue weighted by Gasteiger charge is -2.18. The Morgan fingerprint density at radius 1 is 1.34 bits per heavy atom. The van der Waals surface area contributed by atoms with Crippen LogP contribution < -0.4 is 11.5 Å². The maximum Gasteiger partial charge on any atom is 0.529 e. The van der Waals surface area contributed by atoms with Gasteiger partial charge in [-0.1, -0.05) is 0 Å². The molecule has 2 aromatic heterocycles. The Balaban J connectivity index is 1.69. The number of nitrogens with zero attached hydrogens (tertiary/aromatic N) is 4. The molecule has 0 aromatic carbocycles. The predicted octanol–water partition coefficient (Wildman–Crippen LogP) is -2.99. The Hall–Kier alpha value is -2.23. The molecule has 3 rings (SSSR count). The molecule has 1 unspecified atom stereocenters. The number of rotatable bonds is 7. The molecule has 2 aromatic rings. The van der Waals surface area contributed by atoms with Gasteiger partial charge in [0.15, 0.2) is 17.7 Å². The van der Waals surface area contributed by atoms with E-state index in [0.717, 1.165) is 0 Å². The maximum absolute atomic E-state index is 11.8. The Labute approximate surface area is 162 Å². The van der Waals surface area contributed by atoms with E-state index in [9.17, 15) is 24.5 Å². The van der Waals surface area contributed by atoms with Crippen LogP contribution in [0.1, 0.15) is 6.23 Å². The first-order valence-electron chi connectivity index (χ1n) is 8.16. The Bertz CT molecular complexity index is 941. The second kappa shape index (κ2) is 8.25. The fraction of sp³-hybridized carbons (Fsp3) is 0.538. The lowest BCUT2D eigenvalue weighted by molar-refractivity contribution is -0.138. The Morgan fingerprint density at radius 2 is 2.07 bits per heavy atom. The highest BCUT2D eigenvalue weighted by Crippen LogP contribution is 2.44. The quantitative estimate of drug-likeness (QED) is 0.238. The van der Waals surface area contributed by atoms with Gasteiger partial charge in [-0.15, -0.1) is 0 Å². The van der Waals surface area contributed by atoms with Gasteiger partial charge in [0.05, 0.1) is 19.5 Å². The number of aliphatic hydroxyl groups is 3. The number of nitrogens with two attached hydrogens (primary N) is 2. The minimum Gasteiger partial charge on any atom is -0.394 e. The van der Waals surface area contributed by atoms with Gasteiger partial charge in [0, 0.05) is 0 Å². The van der Waals surface area contributed by atoms with Crippen molar-refractivity contribution in [2.75, 3.05) is 18.9 Å². The van der Waals surface area contributed by atoms with Crippen LogP contribution in [0.15, 0.2) is 12.7 Å². The van der Waals surface area contributed by atoms with Crippen LogP contribution in [0.25, 0.3) is 11.2 Å². The molecule has 0 spiro atoms. The number of hydrogen-bond acceptors (Lipinski definition) is 13. The van der Waals surface area contributed by atoms with Gasteiger partial charge in [-0.3, -0.25) is 14.0 Å². The lowest BCUT2D eigenvalue weighted by Crippen LogP contribution is -2.36. The van der Waals surface area contributed by atoms with Crippen molar-refractivity contribution in [1.29, 1.82) is 0 Å². The van der Waals surface area contributed by atoms with Crippen LogP contribution in [0, 0.1) is 0 Å². The monoisotopic (exact) mass is 434 g/mol. The van der Waals surface area contributed by atoms with E-state index >= 15 is 0 Å². The summed E-state index contributed by atoms with van der Waals surface area (Å²) in [5, 5.41) is 29.2. The summed E-state index contributed by atoms with van der Waals surface area (Å²) >= 11 is 0. The molecule has 6 atom stereocenters. The lowest BCUT2D eigenvalue weighted by atomic mass is 10.1. The third-order valence-electron chi connectivity index (χ3n) is 4.11. The molecular formula is C13H19N6O9P. The van der Waals surface area contributed by atoms with Crippen LogP contribution in [0.3, 0.4) is 0 Å². The zero-order chi connectivity index (χ0) is 21.3. The van der Waals surface area contributed by atoms with Crippen LogP contribution in [0.5, 0.6) is 0 Å². The molecule has 1 fully saturated rings. The summed E-state index contributed by atoms with van der Waals surface area (Å²) in [5.41, 5.74) is 11.4. The fourth-order valence-corrected chi connectivity index (χ4v) is 3.35. The Morgan fingerprint density at radius 3 is 2.76 bits per heavy atom. The summed E-state index contributed by atoms with van der Waals surface area (Å²) in [5.74, 6) is -1.25. The molecule has 16 heteroatoms. The van der Waals surface area contributed by atoms with Crippen molar-refractivity contribution in [3.05, 3.63) is 12.7 Å². The van der Waals surface area contributed by atoms with Gasteiger partial charge in [-0.05, 0) is 0 Å². The normalized spacial score (nSPS) is 27.6. The Kier molecular flexibility index (Phi) is 6.11. The van der Waals surface area contributed by atoms with Crippen molar-refractivity contribution in [3.8, 4) is 0 Å². The van der Waals surface area contributed by atoms with Gasteiger partial charge >= 0.3 is 13.8 Å². The molecular weight excluding hydrogens is 415 g/mol. The van der Waals surface area contributed by atoms with E-state index in [2.05, 4.69) is 24.0 Å².